The number of nitrogens with zero attached hydrogens (tertiary/aromatic N) is 1. The molecule has 0 saturated heterocycles. The Bertz CT molecular complexity index is 739. The fourth-order valence-electron chi connectivity index (χ4n) is 1.60. The van der Waals surface area contributed by atoms with Gasteiger partial charge >= 0.3 is 0 Å². The van der Waals surface area contributed by atoms with Crippen molar-refractivity contribution in [3.8, 4) is 0 Å². The van der Waals surface area contributed by atoms with Gasteiger partial charge in [-0.2, -0.15) is 0 Å². The van der Waals surface area contributed by atoms with Crippen LogP contribution in [0, 0.1) is 19.5 Å². The molecule has 0 atom stereocenters. The first kappa shape index (κ1) is 15.8. The predicted molar refractivity (Wildman–Crippen MR) is 87.9 cm³/mol. The minimum atomic E-state index is -0.529. The highest BCUT2D eigenvalue weighted by atomic mass is 127. The van der Waals surface area contributed by atoms with Crippen LogP contribution in [-0.4, -0.2) is 10.8 Å². The number of nitro groups is 1. The lowest BCUT2D eigenvalue weighted by Crippen LogP contribution is -2.13. The molecule has 0 aliphatic heterocycles. The second-order valence-electron chi connectivity index (χ2n) is 4.00. The molecule has 0 aromatic heterocycles. The molecule has 21 heavy (non-hydrogen) atoms. The van der Waals surface area contributed by atoms with Gasteiger partial charge in [0.05, 0.1) is 15.0 Å². The first-order valence-corrected chi connectivity index (χ1v) is 7.46. The van der Waals surface area contributed by atoms with E-state index in [1.807, 2.05) is 22.6 Å². The number of hydrogen-bond donors (Lipinski definition) is 1. The maximum atomic E-state index is 13.0. The molecule has 5 nitrogen and oxygen atoms in total. The van der Waals surface area contributed by atoms with Crippen LogP contribution < -0.4 is 5.32 Å². The number of halogens is 3. The number of nitrogens with one attached hydrogen (secondary N) is 1. The van der Waals surface area contributed by atoms with Gasteiger partial charge in [0.15, 0.2) is 0 Å². The fraction of sp³-hybridized carbons (Fsp3) is 0. The maximum absolute atomic E-state index is 13.0. The smallest absolute Gasteiger partial charge is 0.283 e. The van der Waals surface area contributed by atoms with E-state index in [9.17, 15) is 19.3 Å². The molecule has 0 saturated carbocycles. The van der Waals surface area contributed by atoms with Crippen LogP contribution in [0.3, 0.4) is 0 Å². The summed E-state index contributed by atoms with van der Waals surface area (Å²) in [6, 6.07) is 7.98. The molecule has 0 unspecified atom stereocenters. The van der Waals surface area contributed by atoms with E-state index in [1.54, 1.807) is 0 Å². The number of hydrogen-bond acceptors (Lipinski definition) is 3. The largest absolute Gasteiger partial charge is 0.322 e. The molecule has 0 radical (unpaired) electrons. The highest BCUT2D eigenvalue weighted by Crippen LogP contribution is 2.28. The van der Waals surface area contributed by atoms with Crippen LogP contribution in [0.1, 0.15) is 10.4 Å². The predicted octanol–water partition coefficient (Wildman–Crippen LogP) is 4.35. The van der Waals surface area contributed by atoms with Crippen molar-refractivity contribution in [3.05, 3.63) is 65.9 Å². The van der Waals surface area contributed by atoms with Gasteiger partial charge in [-0.05, 0) is 68.9 Å². The Kier molecular flexibility index (Phi) is 4.88. The summed E-state index contributed by atoms with van der Waals surface area (Å²) in [5.74, 6) is -0.839. The zero-order valence-corrected chi connectivity index (χ0v) is 14.0. The van der Waals surface area contributed by atoms with E-state index < -0.39 is 16.6 Å². The summed E-state index contributed by atoms with van der Waals surface area (Å²) >= 11 is 4.94. The second-order valence-corrected chi connectivity index (χ2v) is 6.02. The molecule has 0 heterocycles. The number of anilines is 1. The Hall–Kier alpha value is -1.55. The lowest BCUT2D eigenvalue weighted by Gasteiger charge is -2.07. The Morgan fingerprint density at radius 3 is 2.57 bits per heavy atom. The SMILES string of the molecule is O=C(Nc1ccc([N+](=O)[O-])c(Br)c1)c1ccc(F)cc1I. The van der Waals surface area contributed by atoms with E-state index in [-0.39, 0.29) is 10.2 Å². The second kappa shape index (κ2) is 6.48. The summed E-state index contributed by atoms with van der Waals surface area (Å²) in [6.07, 6.45) is 0. The van der Waals surface area contributed by atoms with Gasteiger partial charge in [-0.25, -0.2) is 4.39 Å². The first-order chi connectivity index (χ1) is 9.88. The monoisotopic (exact) mass is 464 g/mol. The average molecular weight is 465 g/mol. The molecule has 8 heteroatoms. The van der Waals surface area contributed by atoms with E-state index in [2.05, 4.69) is 21.2 Å². The van der Waals surface area contributed by atoms with E-state index in [0.29, 0.717) is 14.8 Å². The third kappa shape index (κ3) is 3.76. The highest BCUT2D eigenvalue weighted by Gasteiger charge is 2.15. The summed E-state index contributed by atoms with van der Waals surface area (Å²) in [6.45, 7) is 0. The van der Waals surface area contributed by atoms with Gasteiger partial charge in [0, 0.05) is 15.3 Å². The van der Waals surface area contributed by atoms with Gasteiger partial charge in [0.2, 0.25) is 0 Å². The van der Waals surface area contributed by atoms with Crippen LogP contribution in [0.15, 0.2) is 40.9 Å². The van der Waals surface area contributed by atoms with Crippen molar-refractivity contribution in [2.24, 2.45) is 0 Å². The number of carbonyl (C=O) groups excluding carboxylic acids is 1. The van der Waals surface area contributed by atoms with Gasteiger partial charge in [-0.15, -0.1) is 0 Å². The number of carbonyl (C=O) groups is 1. The first-order valence-electron chi connectivity index (χ1n) is 5.59. The summed E-state index contributed by atoms with van der Waals surface area (Å²) in [5, 5.41) is 13.3. The number of amides is 1. The van der Waals surface area contributed by atoms with Crippen LogP contribution >= 0.6 is 38.5 Å². The van der Waals surface area contributed by atoms with Crippen LogP contribution in [0.2, 0.25) is 0 Å². The Morgan fingerprint density at radius 2 is 2.00 bits per heavy atom. The Balaban J connectivity index is 2.23. The van der Waals surface area contributed by atoms with Crippen molar-refractivity contribution in [1.82, 2.24) is 0 Å². The molecule has 1 amide bonds. The Morgan fingerprint density at radius 1 is 1.29 bits per heavy atom. The maximum Gasteiger partial charge on any atom is 0.283 e. The van der Waals surface area contributed by atoms with Crippen molar-refractivity contribution in [2.45, 2.75) is 0 Å². The molecular weight excluding hydrogens is 458 g/mol. The molecule has 0 bridgehead atoms. The minimum absolute atomic E-state index is 0.0932. The third-order valence-electron chi connectivity index (χ3n) is 2.58. The lowest BCUT2D eigenvalue weighted by atomic mass is 10.2. The van der Waals surface area contributed by atoms with Crippen LogP contribution in [0.5, 0.6) is 0 Å². The van der Waals surface area contributed by atoms with Gasteiger partial charge in [-0.1, -0.05) is 0 Å². The normalized spacial score (nSPS) is 10.2. The standard InChI is InChI=1S/C13H7BrFIN2O3/c14-10-6-8(2-4-12(10)18(20)21)17-13(19)9-3-1-7(15)5-11(9)16/h1-6H,(H,17,19). The molecular formula is C13H7BrFIN2O3. The molecule has 0 spiro atoms. The van der Waals surface area contributed by atoms with E-state index >= 15 is 0 Å². The van der Waals surface area contributed by atoms with Crippen molar-refractivity contribution in [1.29, 1.82) is 0 Å². The lowest BCUT2D eigenvalue weighted by molar-refractivity contribution is -0.385. The third-order valence-corrected chi connectivity index (χ3v) is 4.11. The topological polar surface area (TPSA) is 72.2 Å². The molecule has 0 aliphatic rings. The average Bonchev–Trinajstić information content (AvgIpc) is 2.37. The summed E-state index contributed by atoms with van der Waals surface area (Å²) in [4.78, 5) is 22.3. The van der Waals surface area contributed by atoms with Gasteiger partial charge < -0.3 is 5.32 Å². The van der Waals surface area contributed by atoms with E-state index in [0.717, 1.165) is 0 Å². The molecule has 108 valence electrons. The fourth-order valence-corrected chi connectivity index (χ4v) is 2.85. The van der Waals surface area contributed by atoms with Crippen LogP contribution in [0.4, 0.5) is 15.8 Å². The molecule has 2 rings (SSSR count). The molecule has 1 N–H and O–H groups in total. The number of rotatable bonds is 3. The Labute approximate surface area is 141 Å². The zero-order valence-electron chi connectivity index (χ0n) is 10.3. The van der Waals surface area contributed by atoms with Gasteiger partial charge in [-0.3, -0.25) is 14.9 Å². The summed E-state index contributed by atoms with van der Waals surface area (Å²) < 4.78 is 13.7. The van der Waals surface area contributed by atoms with E-state index in [1.165, 1.54) is 36.4 Å². The quantitative estimate of drug-likeness (QED) is 0.417. The minimum Gasteiger partial charge on any atom is -0.322 e. The molecule has 2 aromatic rings. The highest BCUT2D eigenvalue weighted by molar-refractivity contribution is 14.1. The summed E-state index contributed by atoms with van der Waals surface area (Å²) in [7, 11) is 0. The zero-order chi connectivity index (χ0) is 15.6. The van der Waals surface area contributed by atoms with Crippen molar-refractivity contribution < 1.29 is 14.1 Å². The number of nitro benzene ring substituents is 1. The number of benzene rings is 2. The molecule has 0 fully saturated rings. The van der Waals surface area contributed by atoms with Gasteiger partial charge in [0.1, 0.15) is 5.82 Å². The van der Waals surface area contributed by atoms with Crippen molar-refractivity contribution in [3.63, 3.8) is 0 Å². The van der Waals surface area contributed by atoms with E-state index in [4.69, 9.17) is 0 Å². The summed E-state index contributed by atoms with van der Waals surface area (Å²) in [5.41, 5.74) is 0.633. The van der Waals surface area contributed by atoms with Gasteiger partial charge in [0.25, 0.3) is 11.6 Å². The van der Waals surface area contributed by atoms with Crippen molar-refractivity contribution >= 4 is 55.8 Å². The van der Waals surface area contributed by atoms with Crippen LogP contribution in [-0.2, 0) is 0 Å². The molecule has 0 aliphatic carbocycles. The van der Waals surface area contributed by atoms with Crippen molar-refractivity contribution in [2.75, 3.05) is 5.32 Å². The molecule has 2 aromatic carbocycles. The van der Waals surface area contributed by atoms with Crippen LogP contribution in [0.25, 0.3) is 0 Å².